The van der Waals surface area contributed by atoms with Gasteiger partial charge in [0, 0.05) is 16.9 Å². The van der Waals surface area contributed by atoms with E-state index < -0.39 is 6.03 Å². The van der Waals surface area contributed by atoms with Crippen LogP contribution in [0.15, 0.2) is 42.5 Å². The Morgan fingerprint density at radius 3 is 2.48 bits per heavy atom. The highest BCUT2D eigenvalue weighted by Gasteiger charge is 2.28. The first-order valence-electron chi connectivity index (χ1n) is 7.57. The number of nitrogens with zero attached hydrogens (tertiary/aromatic N) is 1. The lowest BCUT2D eigenvalue weighted by molar-refractivity contribution is 0.0996. The molecule has 0 saturated heterocycles. The van der Waals surface area contributed by atoms with Gasteiger partial charge in [-0.15, -0.1) is 0 Å². The summed E-state index contributed by atoms with van der Waals surface area (Å²) in [6, 6.07) is 12.7. The normalized spacial score (nSPS) is 13.3. The van der Waals surface area contributed by atoms with Crippen molar-refractivity contribution >= 4 is 23.3 Å². The smallest absolute Gasteiger partial charge is 0.316 e. The Kier molecular flexibility index (Phi) is 3.78. The molecule has 1 aliphatic rings. The fourth-order valence-corrected chi connectivity index (χ4v) is 2.77. The van der Waals surface area contributed by atoms with Gasteiger partial charge in [-0.3, -0.25) is 4.79 Å². The number of nitrogens with one attached hydrogen (secondary N) is 1. The van der Waals surface area contributed by atoms with E-state index in [2.05, 4.69) is 31.3 Å². The lowest BCUT2D eigenvalue weighted by atomic mass is 10.0. The summed E-state index contributed by atoms with van der Waals surface area (Å²) in [5, 5.41) is 2.50. The summed E-state index contributed by atoms with van der Waals surface area (Å²) < 4.78 is 0. The Morgan fingerprint density at radius 1 is 1.17 bits per heavy atom. The summed E-state index contributed by atoms with van der Waals surface area (Å²) in [6.07, 6.45) is 0. The number of nitrogens with two attached hydrogens (primary N) is 1. The maximum Gasteiger partial charge on any atom is 0.316 e. The van der Waals surface area contributed by atoms with Crippen molar-refractivity contribution in [2.24, 2.45) is 5.73 Å². The minimum atomic E-state index is -0.642. The second kappa shape index (κ2) is 5.76. The Bertz CT molecular complexity index is 766. The van der Waals surface area contributed by atoms with Crippen molar-refractivity contribution in [1.82, 2.24) is 0 Å². The zero-order chi connectivity index (χ0) is 16.6. The van der Waals surface area contributed by atoms with Crippen molar-refractivity contribution in [3.63, 3.8) is 0 Å². The Balaban J connectivity index is 1.87. The SMILES string of the molecule is CC(C)c1ccc(N2Cc3ccc(NC(N)=O)cc3C2=O)cc1. The summed E-state index contributed by atoms with van der Waals surface area (Å²) in [7, 11) is 0. The number of rotatable bonds is 3. The van der Waals surface area contributed by atoms with E-state index >= 15 is 0 Å². The molecule has 0 unspecified atom stereocenters. The van der Waals surface area contributed by atoms with Crippen LogP contribution in [-0.4, -0.2) is 11.9 Å². The summed E-state index contributed by atoms with van der Waals surface area (Å²) in [5.74, 6) is 0.392. The molecule has 3 amide bonds. The van der Waals surface area contributed by atoms with Crippen LogP contribution in [0.4, 0.5) is 16.2 Å². The van der Waals surface area contributed by atoms with Crippen molar-refractivity contribution in [2.45, 2.75) is 26.3 Å². The molecule has 1 heterocycles. The highest BCUT2D eigenvalue weighted by Crippen LogP contribution is 2.30. The summed E-state index contributed by atoms with van der Waals surface area (Å²) in [4.78, 5) is 25.3. The molecule has 1 aliphatic heterocycles. The minimum Gasteiger partial charge on any atom is -0.351 e. The molecule has 5 heteroatoms. The number of carbonyl (C=O) groups excluding carboxylic acids is 2. The molecular formula is C18H19N3O2. The topological polar surface area (TPSA) is 75.4 Å². The molecule has 0 bridgehead atoms. The van der Waals surface area contributed by atoms with Crippen molar-refractivity contribution in [2.75, 3.05) is 10.2 Å². The Labute approximate surface area is 135 Å². The van der Waals surface area contributed by atoms with Gasteiger partial charge in [-0.2, -0.15) is 0 Å². The first-order valence-corrected chi connectivity index (χ1v) is 7.57. The molecule has 23 heavy (non-hydrogen) atoms. The number of fused-ring (bicyclic) bond motifs is 1. The molecule has 3 rings (SSSR count). The third kappa shape index (κ3) is 2.90. The number of hydrogen-bond donors (Lipinski definition) is 2. The van der Waals surface area contributed by atoms with Gasteiger partial charge in [-0.25, -0.2) is 4.79 Å². The number of anilines is 2. The van der Waals surface area contributed by atoms with Crippen molar-refractivity contribution in [1.29, 1.82) is 0 Å². The quantitative estimate of drug-likeness (QED) is 0.911. The molecule has 0 aromatic heterocycles. The van der Waals surface area contributed by atoms with Gasteiger partial charge in [-0.1, -0.05) is 32.0 Å². The molecule has 0 saturated carbocycles. The van der Waals surface area contributed by atoms with Gasteiger partial charge in [0.25, 0.3) is 5.91 Å². The number of amides is 3. The average Bonchev–Trinajstić information content (AvgIpc) is 2.84. The molecule has 0 spiro atoms. The highest BCUT2D eigenvalue weighted by atomic mass is 16.2. The number of primary amides is 1. The molecule has 0 atom stereocenters. The lowest BCUT2D eigenvalue weighted by Gasteiger charge is -2.16. The summed E-state index contributed by atoms with van der Waals surface area (Å²) >= 11 is 0. The largest absolute Gasteiger partial charge is 0.351 e. The van der Waals surface area contributed by atoms with E-state index in [9.17, 15) is 9.59 Å². The second-order valence-electron chi connectivity index (χ2n) is 6.00. The third-order valence-electron chi connectivity index (χ3n) is 4.05. The van der Waals surface area contributed by atoms with Crippen molar-refractivity contribution in [3.8, 4) is 0 Å². The minimum absolute atomic E-state index is 0.0644. The maximum absolute atomic E-state index is 12.6. The van der Waals surface area contributed by atoms with Gasteiger partial charge in [0.15, 0.2) is 0 Å². The van der Waals surface area contributed by atoms with E-state index in [1.165, 1.54) is 5.56 Å². The predicted octanol–water partition coefficient (Wildman–Crippen LogP) is 3.46. The number of carbonyl (C=O) groups is 2. The number of hydrogen-bond acceptors (Lipinski definition) is 2. The molecule has 0 radical (unpaired) electrons. The Morgan fingerprint density at radius 2 is 1.87 bits per heavy atom. The molecule has 5 nitrogen and oxygen atoms in total. The van der Waals surface area contributed by atoms with Crippen LogP contribution >= 0.6 is 0 Å². The van der Waals surface area contributed by atoms with Crippen LogP contribution in [-0.2, 0) is 6.54 Å². The standard InChI is InChI=1S/C18H19N3O2/c1-11(2)12-4-7-15(8-5-12)21-10-13-3-6-14(20-18(19)23)9-16(13)17(21)22/h3-9,11H,10H2,1-2H3,(H3,19,20,23). The lowest BCUT2D eigenvalue weighted by Crippen LogP contribution is -2.23. The van der Waals surface area contributed by atoms with E-state index in [4.69, 9.17) is 5.73 Å². The zero-order valence-corrected chi connectivity index (χ0v) is 13.2. The van der Waals surface area contributed by atoms with E-state index in [-0.39, 0.29) is 5.91 Å². The molecule has 2 aromatic carbocycles. The predicted molar refractivity (Wildman–Crippen MR) is 90.7 cm³/mol. The summed E-state index contributed by atoms with van der Waals surface area (Å²) in [6.45, 7) is 4.81. The fourth-order valence-electron chi connectivity index (χ4n) is 2.77. The fraction of sp³-hybridized carbons (Fsp3) is 0.222. The van der Waals surface area contributed by atoms with E-state index in [1.807, 2.05) is 18.2 Å². The first kappa shape index (κ1) is 15.1. The van der Waals surface area contributed by atoms with Crippen LogP contribution in [0.2, 0.25) is 0 Å². The van der Waals surface area contributed by atoms with E-state index in [0.717, 1.165) is 11.3 Å². The average molecular weight is 309 g/mol. The van der Waals surface area contributed by atoms with Crippen molar-refractivity contribution < 1.29 is 9.59 Å². The molecule has 118 valence electrons. The molecular weight excluding hydrogens is 290 g/mol. The Hall–Kier alpha value is -2.82. The van der Waals surface area contributed by atoms with Gasteiger partial charge in [0.05, 0.1) is 6.54 Å². The van der Waals surface area contributed by atoms with Crippen LogP contribution in [0.3, 0.4) is 0 Å². The second-order valence-corrected chi connectivity index (χ2v) is 6.00. The number of benzene rings is 2. The molecule has 0 aliphatic carbocycles. The third-order valence-corrected chi connectivity index (χ3v) is 4.05. The summed E-state index contributed by atoms with van der Waals surface area (Å²) in [5.41, 5.74) is 9.31. The first-order chi connectivity index (χ1) is 11.0. The van der Waals surface area contributed by atoms with Crippen LogP contribution in [0.1, 0.15) is 41.3 Å². The van der Waals surface area contributed by atoms with Crippen LogP contribution in [0.25, 0.3) is 0 Å². The van der Waals surface area contributed by atoms with Gasteiger partial charge in [0.2, 0.25) is 0 Å². The monoisotopic (exact) mass is 309 g/mol. The number of urea groups is 1. The van der Waals surface area contributed by atoms with Gasteiger partial charge >= 0.3 is 6.03 Å². The van der Waals surface area contributed by atoms with E-state index in [1.54, 1.807) is 17.0 Å². The van der Waals surface area contributed by atoms with Gasteiger partial charge in [0.1, 0.15) is 0 Å². The molecule has 3 N–H and O–H groups in total. The van der Waals surface area contributed by atoms with Crippen molar-refractivity contribution in [3.05, 3.63) is 59.2 Å². The molecule has 2 aromatic rings. The van der Waals surface area contributed by atoms with Crippen LogP contribution in [0.5, 0.6) is 0 Å². The zero-order valence-electron chi connectivity index (χ0n) is 13.2. The van der Waals surface area contributed by atoms with Crippen LogP contribution in [0, 0.1) is 0 Å². The highest BCUT2D eigenvalue weighted by molar-refractivity contribution is 6.10. The van der Waals surface area contributed by atoms with Gasteiger partial charge in [-0.05, 0) is 41.3 Å². The van der Waals surface area contributed by atoms with Gasteiger partial charge < -0.3 is 16.0 Å². The van der Waals surface area contributed by atoms with E-state index in [0.29, 0.717) is 23.7 Å². The van der Waals surface area contributed by atoms with Crippen LogP contribution < -0.4 is 16.0 Å². The molecule has 0 fully saturated rings. The maximum atomic E-state index is 12.6.